The Morgan fingerprint density at radius 2 is 1.97 bits per heavy atom. The molecule has 5 heterocycles. The molecule has 10 heteroatoms. The van der Waals surface area contributed by atoms with Gasteiger partial charge in [0.2, 0.25) is 5.96 Å². The Labute approximate surface area is 226 Å². The van der Waals surface area contributed by atoms with Crippen molar-refractivity contribution < 1.29 is 6.16 Å². The molecule has 1 unspecified atom stereocenters. The lowest BCUT2D eigenvalue weighted by molar-refractivity contribution is 0.251. The van der Waals surface area contributed by atoms with E-state index in [0.717, 1.165) is 42.5 Å². The summed E-state index contributed by atoms with van der Waals surface area (Å²) in [5, 5.41) is 3.39. The highest BCUT2D eigenvalue weighted by Crippen LogP contribution is 2.33. The molecule has 9 nitrogen and oxygen atoms in total. The van der Waals surface area contributed by atoms with Crippen LogP contribution in [0.4, 0.5) is 11.4 Å². The van der Waals surface area contributed by atoms with Gasteiger partial charge in [0.05, 0.1) is 16.6 Å². The molecule has 6 rings (SSSR count). The lowest BCUT2D eigenvalue weighted by atomic mass is 10.0. The molecule has 38 heavy (non-hydrogen) atoms. The van der Waals surface area contributed by atoms with Crippen LogP contribution >= 0.6 is 11.3 Å². The van der Waals surface area contributed by atoms with E-state index in [4.69, 9.17) is 14.7 Å². The maximum Gasteiger partial charge on any atom is 0.259 e. The number of ether oxygens (including phenoxy) is 1. The summed E-state index contributed by atoms with van der Waals surface area (Å²) < 4.78 is 7.85. The molecule has 0 spiro atoms. The van der Waals surface area contributed by atoms with Crippen molar-refractivity contribution in [2.75, 3.05) is 50.1 Å². The molecule has 0 saturated carbocycles. The van der Waals surface area contributed by atoms with Crippen LogP contribution in [-0.4, -0.2) is 71.8 Å². The van der Waals surface area contributed by atoms with Gasteiger partial charge in [-0.3, -0.25) is 4.79 Å². The first kappa shape index (κ1) is 24.3. The molecule has 1 aromatic carbocycles. The Hall–Kier alpha value is -4.02. The van der Waals surface area contributed by atoms with E-state index in [1.807, 2.05) is 18.2 Å². The van der Waals surface area contributed by atoms with Gasteiger partial charge in [-0.05, 0) is 37.4 Å². The van der Waals surface area contributed by atoms with Crippen molar-refractivity contribution in [2.45, 2.75) is 12.5 Å². The van der Waals surface area contributed by atoms with Gasteiger partial charge in [-0.1, -0.05) is 36.1 Å². The van der Waals surface area contributed by atoms with E-state index in [1.54, 1.807) is 10.5 Å². The highest BCUT2D eigenvalue weighted by atomic mass is 32.1. The van der Waals surface area contributed by atoms with Gasteiger partial charge in [0.25, 0.3) is 5.56 Å². The van der Waals surface area contributed by atoms with Crippen molar-refractivity contribution in [3.05, 3.63) is 88.3 Å². The van der Waals surface area contributed by atoms with Crippen molar-refractivity contribution in [3.8, 4) is 0 Å². The Bertz CT molecular complexity index is 1550. The smallest absolute Gasteiger partial charge is 0.259 e. The van der Waals surface area contributed by atoms with Crippen LogP contribution < -0.4 is 15.8 Å². The number of anilines is 2. The fourth-order valence-corrected chi connectivity index (χ4v) is 5.93. The van der Waals surface area contributed by atoms with Gasteiger partial charge in [0.1, 0.15) is 18.1 Å². The lowest BCUT2D eigenvalue weighted by Crippen LogP contribution is -2.44. The van der Waals surface area contributed by atoms with E-state index in [1.165, 1.54) is 29.3 Å². The summed E-state index contributed by atoms with van der Waals surface area (Å²) in [6, 6.07) is 9.77. The number of rotatable bonds is 4. The van der Waals surface area contributed by atoms with Gasteiger partial charge in [-0.25, -0.2) is 19.4 Å². The topological polar surface area (TPSA) is 86.8 Å². The fourth-order valence-electron chi connectivity index (χ4n) is 4.82. The molecule has 196 valence electrons. The highest BCUT2D eigenvalue weighted by Gasteiger charge is 2.30. The van der Waals surface area contributed by atoms with Crippen LogP contribution in [0.25, 0.3) is 10.7 Å². The number of nitrogens with zero attached hydrogens (tertiary/aromatic N) is 6. The zero-order valence-electron chi connectivity index (χ0n) is 21.2. The summed E-state index contributed by atoms with van der Waals surface area (Å²) >= 11 is 1.44. The molecule has 2 bridgehead atoms. The molecule has 0 aliphatic carbocycles. The van der Waals surface area contributed by atoms with Crippen molar-refractivity contribution >= 4 is 45.1 Å². The number of allylic oxidation sites excluding steroid dienone is 4. The first-order valence-electron chi connectivity index (χ1n) is 12.7. The number of guanidine groups is 1. The monoisotopic (exact) mass is 529 g/mol. The zero-order valence-corrected chi connectivity index (χ0v) is 22.0. The molecular weight excluding hydrogens is 498 g/mol. The third-order valence-electron chi connectivity index (χ3n) is 6.83. The van der Waals surface area contributed by atoms with E-state index in [9.17, 15) is 4.79 Å². The second-order valence-electron chi connectivity index (χ2n) is 9.47. The predicted octanol–water partition coefficient (Wildman–Crippen LogP) is 3.90. The number of piperazine rings is 1. The van der Waals surface area contributed by atoms with Crippen LogP contribution in [0.15, 0.2) is 82.2 Å². The Kier molecular flexibility index (Phi) is 6.65. The number of benzene rings is 1. The molecule has 1 saturated heterocycles. The number of aromatic nitrogens is 2. The summed E-state index contributed by atoms with van der Waals surface area (Å²) in [6.45, 7) is 8.29. The Morgan fingerprint density at radius 1 is 1.16 bits per heavy atom. The number of aliphatic imine (C=N–C) groups is 2. The molecular formula is C28H31N7O2S. The second-order valence-corrected chi connectivity index (χ2v) is 10.5. The van der Waals surface area contributed by atoms with Crippen LogP contribution in [0.5, 0.6) is 0 Å². The third-order valence-corrected chi connectivity index (χ3v) is 7.94. The van der Waals surface area contributed by atoms with Crippen molar-refractivity contribution in [3.63, 3.8) is 0 Å². The summed E-state index contributed by atoms with van der Waals surface area (Å²) in [7, 11) is 2.16. The molecule has 2 aromatic heterocycles. The zero-order chi connectivity index (χ0) is 26.1. The summed E-state index contributed by atoms with van der Waals surface area (Å²) in [5.41, 5.74) is 3.53. The quantitative estimate of drug-likeness (QED) is 0.516. The minimum Gasteiger partial charge on any atom is -0.489 e. The molecule has 1 atom stereocenters. The fraction of sp³-hybridized carbons (Fsp3) is 0.286. The average Bonchev–Trinajstić information content (AvgIpc) is 3.32. The molecule has 0 amide bonds. The number of hydrogen-bond acceptors (Lipinski definition) is 9. The number of thiazole rings is 1. The van der Waals surface area contributed by atoms with Crippen molar-refractivity contribution in [2.24, 2.45) is 9.98 Å². The minimum absolute atomic E-state index is 0. The molecule has 3 aromatic rings. The van der Waals surface area contributed by atoms with Crippen LogP contribution in [0.3, 0.4) is 0 Å². The Balaban J connectivity index is 0.00000308. The largest absolute Gasteiger partial charge is 0.489 e. The van der Waals surface area contributed by atoms with Gasteiger partial charge in [-0.2, -0.15) is 0 Å². The van der Waals surface area contributed by atoms with Crippen molar-refractivity contribution in [1.29, 1.82) is 0 Å². The third kappa shape index (κ3) is 4.80. The van der Waals surface area contributed by atoms with Gasteiger partial charge < -0.3 is 19.9 Å². The van der Waals surface area contributed by atoms with Crippen LogP contribution in [-0.2, 0) is 4.74 Å². The highest BCUT2D eigenvalue weighted by molar-refractivity contribution is 7.19. The van der Waals surface area contributed by atoms with Crippen molar-refractivity contribution in [1.82, 2.24) is 14.3 Å². The minimum atomic E-state index is -0.157. The molecule has 1 N–H and O–H groups in total. The van der Waals surface area contributed by atoms with Gasteiger partial charge in [0.15, 0.2) is 4.96 Å². The standard InChI is InChI=1S/C28H29N7O2S.H2/c1-3-4-5-6-23-25-26(38-28-29-12-11-24(36)35(25)28)22-17-20(18-37-23)31-27(32-22)30-19-7-9-21(10-8-19)34-15-13-33(2)14-16-34;/h3-12,20H,1,13-18H2,2H3,(H,30,31);1H/b5-4-,23-6-;. The number of likely N-dealkylation sites (N-methyl/N-ethyl adjacent to an activating group) is 1. The summed E-state index contributed by atoms with van der Waals surface area (Å²) in [6.07, 6.45) is 9.36. The van der Waals surface area contributed by atoms with Crippen LogP contribution in [0, 0.1) is 0 Å². The van der Waals surface area contributed by atoms with E-state index in [2.05, 4.69) is 58.0 Å². The van der Waals surface area contributed by atoms with E-state index in [0.29, 0.717) is 35.4 Å². The van der Waals surface area contributed by atoms with Gasteiger partial charge in [-0.15, -0.1) is 0 Å². The molecule has 0 radical (unpaired) electrons. The predicted molar refractivity (Wildman–Crippen MR) is 157 cm³/mol. The molecule has 3 aliphatic heterocycles. The maximum atomic E-state index is 12.9. The molecule has 3 aliphatic rings. The van der Waals surface area contributed by atoms with Crippen LogP contribution in [0.1, 0.15) is 18.4 Å². The number of nitrogens with one attached hydrogen (secondary N) is 1. The molecule has 1 fully saturated rings. The first-order valence-corrected chi connectivity index (χ1v) is 13.5. The van der Waals surface area contributed by atoms with E-state index in [-0.39, 0.29) is 13.0 Å². The van der Waals surface area contributed by atoms with Crippen LogP contribution in [0.2, 0.25) is 0 Å². The first-order chi connectivity index (χ1) is 18.6. The average molecular weight is 530 g/mol. The normalized spacial score (nSPS) is 20.9. The number of fused-ring (bicyclic) bond motifs is 6. The van der Waals surface area contributed by atoms with E-state index >= 15 is 0 Å². The maximum absolute atomic E-state index is 12.9. The number of hydrogen-bond donors (Lipinski definition) is 1. The lowest BCUT2D eigenvalue weighted by Gasteiger charge is -2.34. The second kappa shape index (κ2) is 10.4. The summed E-state index contributed by atoms with van der Waals surface area (Å²) in [5.74, 6) is 1.12. The van der Waals surface area contributed by atoms with Gasteiger partial charge in [0, 0.05) is 57.7 Å². The SMILES string of the molecule is C=C/C=C\C=C1/OCC2CC(=NC(Nc3ccc(N4CCN(C)CC4)cc3)=N2)c2sc3nccc(=O)n3c21.[HH]. The van der Waals surface area contributed by atoms with E-state index < -0.39 is 0 Å². The Morgan fingerprint density at radius 3 is 2.76 bits per heavy atom. The summed E-state index contributed by atoms with van der Waals surface area (Å²) in [4.78, 5) is 33.3. The van der Waals surface area contributed by atoms with Gasteiger partial charge >= 0.3 is 0 Å².